The number of nitrogens with zero attached hydrogens (tertiary/aromatic N) is 3. The van der Waals surface area contributed by atoms with Crippen LogP contribution in [0.5, 0.6) is 5.75 Å². The Kier molecular flexibility index (Phi) is 5.05. The summed E-state index contributed by atoms with van der Waals surface area (Å²) in [7, 11) is -2.23. The highest BCUT2D eigenvalue weighted by Crippen LogP contribution is 2.28. The van der Waals surface area contributed by atoms with Gasteiger partial charge in [-0.2, -0.15) is 5.10 Å². The quantitative estimate of drug-likeness (QED) is 0.659. The zero-order chi connectivity index (χ0) is 17.9. The van der Waals surface area contributed by atoms with Gasteiger partial charge in [0.15, 0.2) is 5.82 Å². The Labute approximate surface area is 153 Å². The number of aromatic nitrogens is 3. The van der Waals surface area contributed by atoms with E-state index in [1.54, 1.807) is 29.2 Å². The molecular formula is C16H15BrN4O3S. The lowest BCUT2D eigenvalue weighted by molar-refractivity contribution is 0.411. The van der Waals surface area contributed by atoms with Crippen LogP contribution in [0.3, 0.4) is 0 Å². The molecule has 3 rings (SSSR count). The summed E-state index contributed by atoms with van der Waals surface area (Å²) in [6.07, 6.45) is 3.39. The zero-order valence-electron chi connectivity index (χ0n) is 13.3. The van der Waals surface area contributed by atoms with Crippen LogP contribution in [0, 0.1) is 0 Å². The molecule has 3 aromatic rings. The Hall–Kier alpha value is -2.39. The van der Waals surface area contributed by atoms with E-state index in [0.717, 1.165) is 5.69 Å². The minimum Gasteiger partial charge on any atom is -0.496 e. The number of rotatable bonds is 6. The van der Waals surface area contributed by atoms with E-state index < -0.39 is 10.0 Å². The minimum atomic E-state index is -3.75. The Morgan fingerprint density at radius 1 is 1.24 bits per heavy atom. The maximum atomic E-state index is 12.5. The van der Waals surface area contributed by atoms with Crippen LogP contribution in [0.15, 0.2) is 64.2 Å². The fraction of sp³-hybridized carbons (Fsp3) is 0.125. The van der Waals surface area contributed by atoms with Crippen molar-refractivity contribution in [2.75, 3.05) is 11.8 Å². The summed E-state index contributed by atoms with van der Waals surface area (Å²) in [5.41, 5.74) is 0.832. The SMILES string of the molecule is COc1ccc(S(=O)(=O)Nc2ccn(Cc3ccccn3)n2)cc1Br. The van der Waals surface area contributed by atoms with E-state index in [-0.39, 0.29) is 10.7 Å². The Bertz CT molecular complexity index is 974. The molecule has 0 unspecified atom stereocenters. The van der Waals surface area contributed by atoms with Crippen molar-refractivity contribution in [3.8, 4) is 5.75 Å². The molecule has 130 valence electrons. The van der Waals surface area contributed by atoms with E-state index in [9.17, 15) is 8.42 Å². The van der Waals surface area contributed by atoms with Crippen LogP contribution in [-0.2, 0) is 16.6 Å². The van der Waals surface area contributed by atoms with Crippen molar-refractivity contribution in [2.45, 2.75) is 11.4 Å². The summed E-state index contributed by atoms with van der Waals surface area (Å²) in [5.74, 6) is 0.793. The topological polar surface area (TPSA) is 86.1 Å². The molecule has 0 spiro atoms. The van der Waals surface area contributed by atoms with Gasteiger partial charge in [-0.1, -0.05) is 6.07 Å². The van der Waals surface area contributed by atoms with Gasteiger partial charge in [0.05, 0.1) is 28.7 Å². The van der Waals surface area contributed by atoms with Crippen LogP contribution in [0.2, 0.25) is 0 Å². The lowest BCUT2D eigenvalue weighted by atomic mass is 10.3. The van der Waals surface area contributed by atoms with Gasteiger partial charge in [-0.25, -0.2) is 8.42 Å². The molecule has 25 heavy (non-hydrogen) atoms. The average molecular weight is 423 g/mol. The lowest BCUT2D eigenvalue weighted by Gasteiger charge is -2.08. The maximum absolute atomic E-state index is 12.5. The number of anilines is 1. The zero-order valence-corrected chi connectivity index (χ0v) is 15.7. The van der Waals surface area contributed by atoms with Gasteiger partial charge in [0.25, 0.3) is 10.0 Å². The average Bonchev–Trinajstić information content (AvgIpc) is 3.02. The van der Waals surface area contributed by atoms with E-state index in [2.05, 4.69) is 30.7 Å². The second kappa shape index (κ2) is 7.24. The highest BCUT2D eigenvalue weighted by molar-refractivity contribution is 9.10. The predicted molar refractivity (Wildman–Crippen MR) is 97.1 cm³/mol. The van der Waals surface area contributed by atoms with Gasteiger partial charge < -0.3 is 4.74 Å². The number of methoxy groups -OCH3 is 1. The highest BCUT2D eigenvalue weighted by Gasteiger charge is 2.17. The summed E-state index contributed by atoms with van der Waals surface area (Å²) in [6.45, 7) is 0.455. The molecule has 2 heterocycles. The first-order valence-electron chi connectivity index (χ1n) is 7.28. The molecule has 0 aliphatic heterocycles. The van der Waals surface area contributed by atoms with Crippen LogP contribution >= 0.6 is 15.9 Å². The standard InChI is InChI=1S/C16H15BrN4O3S/c1-24-15-6-5-13(10-14(15)17)25(22,23)20-16-7-9-21(19-16)11-12-4-2-3-8-18-12/h2-10H,11H2,1H3,(H,19,20). The van der Waals surface area contributed by atoms with E-state index in [0.29, 0.717) is 16.8 Å². The fourth-order valence-electron chi connectivity index (χ4n) is 2.17. The fourth-order valence-corrected chi connectivity index (χ4v) is 3.89. The van der Waals surface area contributed by atoms with Gasteiger partial charge in [-0.05, 0) is 46.3 Å². The predicted octanol–water partition coefficient (Wildman–Crippen LogP) is 2.90. The number of benzene rings is 1. The van der Waals surface area contributed by atoms with Gasteiger partial charge in [-0.3, -0.25) is 14.4 Å². The highest BCUT2D eigenvalue weighted by atomic mass is 79.9. The van der Waals surface area contributed by atoms with Crippen molar-refractivity contribution in [3.63, 3.8) is 0 Å². The lowest BCUT2D eigenvalue weighted by Crippen LogP contribution is -2.14. The van der Waals surface area contributed by atoms with Crippen LogP contribution in [0.1, 0.15) is 5.69 Å². The molecule has 1 aromatic carbocycles. The Balaban J connectivity index is 1.76. The second-order valence-electron chi connectivity index (χ2n) is 5.12. The molecule has 0 saturated heterocycles. The molecule has 0 aliphatic carbocycles. The van der Waals surface area contributed by atoms with Gasteiger partial charge >= 0.3 is 0 Å². The van der Waals surface area contributed by atoms with Gasteiger partial charge in [0.2, 0.25) is 0 Å². The van der Waals surface area contributed by atoms with Gasteiger partial charge in [0.1, 0.15) is 5.75 Å². The number of hydrogen-bond acceptors (Lipinski definition) is 5. The first-order chi connectivity index (χ1) is 12.0. The van der Waals surface area contributed by atoms with E-state index in [1.165, 1.54) is 19.2 Å². The first-order valence-corrected chi connectivity index (χ1v) is 9.55. The van der Waals surface area contributed by atoms with Gasteiger partial charge in [-0.15, -0.1) is 0 Å². The van der Waals surface area contributed by atoms with E-state index >= 15 is 0 Å². The van der Waals surface area contributed by atoms with Crippen LogP contribution in [0.25, 0.3) is 0 Å². The monoisotopic (exact) mass is 422 g/mol. The molecule has 0 amide bonds. The molecule has 9 heteroatoms. The number of sulfonamides is 1. The molecule has 0 atom stereocenters. The molecule has 2 aromatic heterocycles. The van der Waals surface area contributed by atoms with Crippen LogP contribution in [0.4, 0.5) is 5.82 Å². The third-order valence-corrected chi connectivity index (χ3v) is 5.34. The molecule has 0 radical (unpaired) electrons. The number of nitrogens with one attached hydrogen (secondary N) is 1. The largest absolute Gasteiger partial charge is 0.496 e. The van der Waals surface area contributed by atoms with E-state index in [1.807, 2.05) is 18.2 Å². The molecule has 7 nitrogen and oxygen atoms in total. The minimum absolute atomic E-state index is 0.111. The third kappa shape index (κ3) is 4.18. The van der Waals surface area contributed by atoms with Crippen molar-refractivity contribution >= 4 is 31.8 Å². The summed E-state index contributed by atoms with van der Waals surface area (Å²) in [5, 5.41) is 4.22. The smallest absolute Gasteiger partial charge is 0.263 e. The van der Waals surface area contributed by atoms with Crippen LogP contribution in [-0.4, -0.2) is 30.3 Å². The number of hydrogen-bond donors (Lipinski definition) is 1. The molecular weight excluding hydrogens is 408 g/mol. The van der Waals surface area contributed by atoms with Crippen molar-refractivity contribution in [1.82, 2.24) is 14.8 Å². The van der Waals surface area contributed by atoms with Crippen molar-refractivity contribution in [1.29, 1.82) is 0 Å². The van der Waals surface area contributed by atoms with Gasteiger partial charge in [0, 0.05) is 18.5 Å². The molecule has 0 bridgehead atoms. The second-order valence-corrected chi connectivity index (χ2v) is 7.66. The number of ether oxygens (including phenoxy) is 1. The number of halogens is 1. The summed E-state index contributed by atoms with van der Waals surface area (Å²) >= 11 is 3.28. The van der Waals surface area contributed by atoms with Crippen molar-refractivity contribution < 1.29 is 13.2 Å². The normalized spacial score (nSPS) is 11.3. The van der Waals surface area contributed by atoms with Crippen molar-refractivity contribution in [2.24, 2.45) is 0 Å². The third-order valence-electron chi connectivity index (χ3n) is 3.36. The summed E-state index contributed by atoms with van der Waals surface area (Å²) in [4.78, 5) is 4.33. The summed E-state index contributed by atoms with van der Waals surface area (Å²) in [6, 6.07) is 11.7. The Morgan fingerprint density at radius 2 is 2.08 bits per heavy atom. The number of pyridine rings is 1. The summed E-state index contributed by atoms with van der Waals surface area (Å²) < 4.78 is 34.7. The Morgan fingerprint density at radius 3 is 2.76 bits per heavy atom. The van der Waals surface area contributed by atoms with Crippen molar-refractivity contribution in [3.05, 3.63) is 65.0 Å². The maximum Gasteiger partial charge on any atom is 0.263 e. The first kappa shape index (κ1) is 17.4. The molecule has 1 N–H and O–H groups in total. The van der Waals surface area contributed by atoms with E-state index in [4.69, 9.17) is 4.74 Å². The molecule has 0 saturated carbocycles. The molecule has 0 fully saturated rings. The van der Waals surface area contributed by atoms with Crippen LogP contribution < -0.4 is 9.46 Å². The molecule has 0 aliphatic rings.